The lowest BCUT2D eigenvalue weighted by Crippen LogP contribution is -2.25. The highest BCUT2D eigenvalue weighted by Gasteiger charge is 2.30. The summed E-state index contributed by atoms with van der Waals surface area (Å²) in [6.45, 7) is 3.55. The molecule has 0 amide bonds. The average Bonchev–Trinajstić information content (AvgIpc) is 3.28. The Bertz CT molecular complexity index is 663. The van der Waals surface area contributed by atoms with Gasteiger partial charge in [-0.2, -0.15) is 0 Å². The summed E-state index contributed by atoms with van der Waals surface area (Å²) in [6, 6.07) is 4.46. The Hall–Kier alpha value is -1.66. The van der Waals surface area contributed by atoms with Gasteiger partial charge in [0.25, 0.3) is 0 Å². The molecule has 0 radical (unpaired) electrons. The van der Waals surface area contributed by atoms with Crippen molar-refractivity contribution in [2.24, 2.45) is 0 Å². The summed E-state index contributed by atoms with van der Waals surface area (Å²) < 4.78 is 13.4. The van der Waals surface area contributed by atoms with Gasteiger partial charge in [0.05, 0.1) is 12.6 Å². The predicted octanol–water partition coefficient (Wildman–Crippen LogP) is 2.69. The minimum atomic E-state index is 0.345. The third-order valence-electron chi connectivity index (χ3n) is 4.94. The quantitative estimate of drug-likeness (QED) is 0.849. The first-order valence-corrected chi connectivity index (χ1v) is 8.57. The molecule has 0 N–H and O–H groups in total. The van der Waals surface area contributed by atoms with E-state index < -0.39 is 0 Å². The molecule has 0 saturated carbocycles. The van der Waals surface area contributed by atoms with Crippen LogP contribution >= 0.6 is 0 Å². The third kappa shape index (κ3) is 2.93. The Labute approximate surface area is 136 Å². The monoisotopic (exact) mass is 316 g/mol. The topological polar surface area (TPSA) is 56.3 Å². The molecule has 1 unspecified atom stereocenters. The van der Waals surface area contributed by atoms with Crippen LogP contribution in [0.2, 0.25) is 0 Å². The summed E-state index contributed by atoms with van der Waals surface area (Å²) in [5.74, 6) is 4.21. The first-order valence-electron chi connectivity index (χ1n) is 8.57. The molecule has 124 valence electrons. The largest absolute Gasteiger partial charge is 0.462 e. The highest BCUT2D eigenvalue weighted by molar-refractivity contribution is 5.12. The molecule has 0 aromatic carbocycles. The number of hydrogen-bond acceptors (Lipinski definition) is 5. The maximum absolute atomic E-state index is 5.96. The standard InChI is InChI=1S/C17H24N4O2/c1-22-12-13-7-8-15(23-13)14-5-4-9-20(14)11-17-19-18-16-6-2-3-10-21(16)17/h7-8,14H,2-6,9-12H2,1H3. The molecule has 4 rings (SSSR count). The van der Waals surface area contributed by atoms with E-state index in [-0.39, 0.29) is 0 Å². The molecule has 6 heteroatoms. The van der Waals surface area contributed by atoms with Crippen LogP contribution in [0.4, 0.5) is 0 Å². The zero-order chi connectivity index (χ0) is 15.6. The predicted molar refractivity (Wildman–Crippen MR) is 84.8 cm³/mol. The van der Waals surface area contributed by atoms with Gasteiger partial charge >= 0.3 is 0 Å². The van der Waals surface area contributed by atoms with Crippen molar-refractivity contribution >= 4 is 0 Å². The summed E-state index contributed by atoms with van der Waals surface area (Å²) >= 11 is 0. The molecular weight excluding hydrogens is 292 g/mol. The lowest BCUT2D eigenvalue weighted by atomic mass is 10.1. The van der Waals surface area contributed by atoms with Crippen molar-refractivity contribution in [1.82, 2.24) is 19.7 Å². The van der Waals surface area contributed by atoms with Gasteiger partial charge in [-0.1, -0.05) is 0 Å². The molecule has 0 aliphatic carbocycles. The minimum absolute atomic E-state index is 0.345. The SMILES string of the molecule is COCc1ccc(C2CCCN2Cc2nnc3n2CCCC3)o1. The number of methoxy groups -OCH3 is 1. The van der Waals surface area contributed by atoms with Gasteiger partial charge in [-0.15, -0.1) is 10.2 Å². The van der Waals surface area contributed by atoms with Gasteiger partial charge in [-0.25, -0.2) is 0 Å². The fourth-order valence-corrected chi connectivity index (χ4v) is 3.80. The molecule has 6 nitrogen and oxygen atoms in total. The fraction of sp³-hybridized carbons (Fsp3) is 0.647. The molecule has 0 bridgehead atoms. The van der Waals surface area contributed by atoms with Crippen molar-refractivity contribution in [2.75, 3.05) is 13.7 Å². The fourth-order valence-electron chi connectivity index (χ4n) is 3.80. The van der Waals surface area contributed by atoms with Crippen LogP contribution < -0.4 is 0 Å². The molecular formula is C17H24N4O2. The second-order valence-corrected chi connectivity index (χ2v) is 6.51. The van der Waals surface area contributed by atoms with Crippen LogP contribution in [0.25, 0.3) is 0 Å². The van der Waals surface area contributed by atoms with Crippen molar-refractivity contribution < 1.29 is 9.15 Å². The van der Waals surface area contributed by atoms with Crippen LogP contribution in [0.1, 0.15) is 54.9 Å². The molecule has 1 saturated heterocycles. The second-order valence-electron chi connectivity index (χ2n) is 6.51. The van der Waals surface area contributed by atoms with Crippen molar-refractivity contribution in [2.45, 2.75) is 57.8 Å². The maximum atomic E-state index is 5.96. The van der Waals surface area contributed by atoms with Gasteiger partial charge in [-0.05, 0) is 44.4 Å². The van der Waals surface area contributed by atoms with E-state index in [0.717, 1.165) is 55.6 Å². The van der Waals surface area contributed by atoms with E-state index in [1.54, 1.807) is 7.11 Å². The molecule has 2 aliphatic heterocycles. The van der Waals surface area contributed by atoms with Gasteiger partial charge in [-0.3, -0.25) is 4.90 Å². The summed E-state index contributed by atoms with van der Waals surface area (Å²) in [4.78, 5) is 2.47. The van der Waals surface area contributed by atoms with Crippen LogP contribution in [-0.2, 0) is 30.9 Å². The number of hydrogen-bond donors (Lipinski definition) is 0. The number of fused-ring (bicyclic) bond motifs is 1. The van der Waals surface area contributed by atoms with Crippen LogP contribution in [-0.4, -0.2) is 33.3 Å². The van der Waals surface area contributed by atoms with E-state index in [4.69, 9.17) is 9.15 Å². The normalized spacial score (nSPS) is 21.7. The Kier molecular flexibility index (Phi) is 4.18. The Morgan fingerprint density at radius 3 is 3.09 bits per heavy atom. The van der Waals surface area contributed by atoms with Crippen LogP contribution in [0.5, 0.6) is 0 Å². The molecule has 2 aromatic heterocycles. The summed E-state index contributed by atoms with van der Waals surface area (Å²) in [5.41, 5.74) is 0. The number of rotatable bonds is 5. The number of likely N-dealkylation sites (tertiary alicyclic amines) is 1. The van der Waals surface area contributed by atoms with E-state index in [1.165, 1.54) is 19.3 Å². The molecule has 4 heterocycles. The number of aryl methyl sites for hydroxylation is 1. The number of ether oxygens (including phenoxy) is 1. The summed E-state index contributed by atoms with van der Waals surface area (Å²) in [6.07, 6.45) is 5.88. The molecule has 0 spiro atoms. The third-order valence-corrected chi connectivity index (χ3v) is 4.94. The first kappa shape index (κ1) is 14.9. The van der Waals surface area contributed by atoms with Crippen molar-refractivity contribution in [3.05, 3.63) is 35.3 Å². The van der Waals surface area contributed by atoms with Gasteiger partial charge < -0.3 is 13.7 Å². The van der Waals surface area contributed by atoms with Crippen molar-refractivity contribution in [1.29, 1.82) is 0 Å². The van der Waals surface area contributed by atoms with Gasteiger partial charge in [0, 0.05) is 20.1 Å². The van der Waals surface area contributed by atoms with E-state index in [0.29, 0.717) is 12.6 Å². The van der Waals surface area contributed by atoms with Crippen LogP contribution in [0, 0.1) is 0 Å². The van der Waals surface area contributed by atoms with E-state index >= 15 is 0 Å². The van der Waals surface area contributed by atoms with Crippen LogP contribution in [0.15, 0.2) is 16.5 Å². The minimum Gasteiger partial charge on any atom is -0.462 e. The second kappa shape index (κ2) is 6.45. The van der Waals surface area contributed by atoms with Gasteiger partial charge in [0.1, 0.15) is 29.8 Å². The van der Waals surface area contributed by atoms with Gasteiger partial charge in [0.2, 0.25) is 0 Å². The highest BCUT2D eigenvalue weighted by atomic mass is 16.5. The smallest absolute Gasteiger partial charge is 0.147 e. The molecule has 2 aliphatic rings. The Balaban J connectivity index is 1.50. The molecule has 1 fully saturated rings. The lowest BCUT2D eigenvalue weighted by molar-refractivity contribution is 0.154. The summed E-state index contributed by atoms with van der Waals surface area (Å²) in [5, 5.41) is 8.82. The van der Waals surface area contributed by atoms with E-state index in [2.05, 4.69) is 25.7 Å². The molecule has 2 aromatic rings. The van der Waals surface area contributed by atoms with Gasteiger partial charge in [0.15, 0.2) is 0 Å². The highest BCUT2D eigenvalue weighted by Crippen LogP contribution is 2.34. The van der Waals surface area contributed by atoms with E-state index in [1.807, 2.05) is 6.07 Å². The van der Waals surface area contributed by atoms with Crippen LogP contribution in [0.3, 0.4) is 0 Å². The number of aromatic nitrogens is 3. The van der Waals surface area contributed by atoms with Crippen molar-refractivity contribution in [3.63, 3.8) is 0 Å². The van der Waals surface area contributed by atoms with Crippen molar-refractivity contribution in [3.8, 4) is 0 Å². The Morgan fingerprint density at radius 2 is 2.17 bits per heavy atom. The average molecular weight is 316 g/mol. The number of nitrogens with zero attached hydrogens (tertiary/aromatic N) is 4. The zero-order valence-corrected chi connectivity index (χ0v) is 13.7. The summed E-state index contributed by atoms with van der Waals surface area (Å²) in [7, 11) is 1.69. The molecule has 23 heavy (non-hydrogen) atoms. The Morgan fingerprint density at radius 1 is 1.22 bits per heavy atom. The number of furan rings is 1. The first-order chi connectivity index (χ1) is 11.3. The maximum Gasteiger partial charge on any atom is 0.147 e. The van der Waals surface area contributed by atoms with E-state index in [9.17, 15) is 0 Å². The molecule has 1 atom stereocenters. The lowest BCUT2D eigenvalue weighted by Gasteiger charge is -2.23. The zero-order valence-electron chi connectivity index (χ0n) is 13.7.